The van der Waals surface area contributed by atoms with Crippen molar-refractivity contribution >= 4 is 0 Å². The van der Waals surface area contributed by atoms with Crippen molar-refractivity contribution in [3.8, 4) is 0 Å². The fourth-order valence-corrected chi connectivity index (χ4v) is 2.27. The molecule has 2 nitrogen and oxygen atoms in total. The average molecular weight is 206 g/mol. The molecule has 1 saturated heterocycles. The lowest BCUT2D eigenvalue weighted by atomic mass is 9.78. The molecule has 0 amide bonds. The maximum Gasteiger partial charge on any atom is 0.0898 e. The van der Waals surface area contributed by atoms with Crippen molar-refractivity contribution in [1.82, 2.24) is 0 Å². The minimum absolute atomic E-state index is 0.314. The highest BCUT2D eigenvalue weighted by atomic mass is 16.5. The summed E-state index contributed by atoms with van der Waals surface area (Å²) in [5.74, 6) is 0.314. The molecule has 0 aromatic heterocycles. The molecule has 1 atom stereocenters. The van der Waals surface area contributed by atoms with Gasteiger partial charge in [0, 0.05) is 13.2 Å². The molecule has 1 N–H and O–H groups in total. The van der Waals surface area contributed by atoms with E-state index in [2.05, 4.69) is 0 Å². The van der Waals surface area contributed by atoms with Gasteiger partial charge in [-0.1, -0.05) is 30.3 Å². The van der Waals surface area contributed by atoms with Gasteiger partial charge in [-0.25, -0.2) is 0 Å². The highest BCUT2D eigenvalue weighted by Crippen LogP contribution is 2.35. The zero-order valence-corrected chi connectivity index (χ0v) is 9.15. The van der Waals surface area contributed by atoms with Gasteiger partial charge < -0.3 is 9.84 Å². The third-order valence-corrected chi connectivity index (χ3v) is 3.37. The zero-order valence-electron chi connectivity index (χ0n) is 9.15. The third-order valence-electron chi connectivity index (χ3n) is 3.37. The third kappa shape index (κ3) is 2.21. The second-order valence-corrected chi connectivity index (χ2v) is 4.40. The molecule has 1 fully saturated rings. The fourth-order valence-electron chi connectivity index (χ4n) is 2.27. The van der Waals surface area contributed by atoms with Crippen LogP contribution in [0.1, 0.15) is 25.3 Å². The summed E-state index contributed by atoms with van der Waals surface area (Å²) in [7, 11) is 0. The summed E-state index contributed by atoms with van der Waals surface area (Å²) in [6.07, 6.45) is 1.89. The molecule has 1 unspecified atom stereocenters. The highest BCUT2D eigenvalue weighted by Gasteiger charge is 2.34. The molecule has 0 radical (unpaired) electrons. The van der Waals surface area contributed by atoms with E-state index in [1.165, 1.54) is 0 Å². The second-order valence-electron chi connectivity index (χ2n) is 4.40. The van der Waals surface area contributed by atoms with Crippen molar-refractivity contribution in [2.45, 2.75) is 25.4 Å². The maximum atomic E-state index is 10.6. The standard InChI is InChI=1S/C13H18O2/c1-13(14,11-5-3-2-4-6-11)12-7-9-15-10-8-12/h2-6,12,14H,7-10H2,1H3. The highest BCUT2D eigenvalue weighted by molar-refractivity contribution is 5.22. The summed E-state index contributed by atoms with van der Waals surface area (Å²) in [6.45, 7) is 3.46. The van der Waals surface area contributed by atoms with Gasteiger partial charge in [0.05, 0.1) is 5.60 Å². The van der Waals surface area contributed by atoms with E-state index in [1.54, 1.807) is 0 Å². The molecule has 1 aliphatic rings. The van der Waals surface area contributed by atoms with Crippen LogP contribution in [-0.4, -0.2) is 18.3 Å². The van der Waals surface area contributed by atoms with Gasteiger partial charge in [0.15, 0.2) is 0 Å². The number of aliphatic hydroxyl groups is 1. The first-order valence-corrected chi connectivity index (χ1v) is 5.57. The molecular weight excluding hydrogens is 188 g/mol. The lowest BCUT2D eigenvalue weighted by Crippen LogP contribution is -2.35. The largest absolute Gasteiger partial charge is 0.385 e. The summed E-state index contributed by atoms with van der Waals surface area (Å²) in [4.78, 5) is 0. The first-order chi connectivity index (χ1) is 7.21. The van der Waals surface area contributed by atoms with E-state index in [1.807, 2.05) is 37.3 Å². The van der Waals surface area contributed by atoms with Crippen molar-refractivity contribution < 1.29 is 9.84 Å². The Labute approximate surface area is 90.9 Å². The van der Waals surface area contributed by atoms with E-state index in [-0.39, 0.29) is 0 Å². The van der Waals surface area contributed by atoms with Gasteiger partial charge in [-0.05, 0) is 31.2 Å². The topological polar surface area (TPSA) is 29.5 Å². The second kappa shape index (κ2) is 4.33. The number of rotatable bonds is 2. The van der Waals surface area contributed by atoms with E-state index >= 15 is 0 Å². The van der Waals surface area contributed by atoms with Crippen LogP contribution in [0.15, 0.2) is 30.3 Å². The molecule has 2 rings (SSSR count). The normalized spacial score (nSPS) is 22.3. The Balaban J connectivity index is 2.18. The van der Waals surface area contributed by atoms with Crippen molar-refractivity contribution in [2.24, 2.45) is 5.92 Å². The summed E-state index contributed by atoms with van der Waals surface area (Å²) in [5.41, 5.74) is 0.294. The molecule has 0 bridgehead atoms. The Morgan fingerprint density at radius 2 is 1.80 bits per heavy atom. The molecule has 82 valence electrons. The molecule has 0 aliphatic carbocycles. The number of hydrogen-bond acceptors (Lipinski definition) is 2. The van der Waals surface area contributed by atoms with Crippen LogP contribution in [0.25, 0.3) is 0 Å². The smallest absolute Gasteiger partial charge is 0.0898 e. The van der Waals surface area contributed by atoms with Gasteiger partial charge in [-0.2, -0.15) is 0 Å². The van der Waals surface area contributed by atoms with Gasteiger partial charge >= 0.3 is 0 Å². The van der Waals surface area contributed by atoms with Crippen LogP contribution in [0.5, 0.6) is 0 Å². The average Bonchev–Trinajstić information content (AvgIpc) is 2.31. The minimum atomic E-state index is -0.717. The van der Waals surface area contributed by atoms with Gasteiger partial charge in [-0.3, -0.25) is 0 Å². The van der Waals surface area contributed by atoms with Gasteiger partial charge in [0.25, 0.3) is 0 Å². The summed E-state index contributed by atoms with van der Waals surface area (Å²) in [5, 5.41) is 10.6. The molecular formula is C13H18O2. The monoisotopic (exact) mass is 206 g/mol. The predicted octanol–water partition coefficient (Wildman–Crippen LogP) is 2.32. The Hall–Kier alpha value is -0.860. The minimum Gasteiger partial charge on any atom is -0.385 e. The fraction of sp³-hybridized carbons (Fsp3) is 0.538. The van der Waals surface area contributed by atoms with Crippen LogP contribution in [0.2, 0.25) is 0 Å². The van der Waals surface area contributed by atoms with E-state index in [4.69, 9.17) is 4.74 Å². The Bertz CT molecular complexity index is 300. The Morgan fingerprint density at radius 1 is 1.20 bits per heavy atom. The Kier molecular flexibility index (Phi) is 3.08. The van der Waals surface area contributed by atoms with Crippen molar-refractivity contribution in [3.05, 3.63) is 35.9 Å². The van der Waals surface area contributed by atoms with Crippen molar-refractivity contribution in [1.29, 1.82) is 0 Å². The van der Waals surface area contributed by atoms with Crippen LogP contribution in [0.4, 0.5) is 0 Å². The van der Waals surface area contributed by atoms with E-state index in [9.17, 15) is 5.11 Å². The quantitative estimate of drug-likeness (QED) is 0.804. The van der Waals surface area contributed by atoms with Gasteiger partial charge in [0.1, 0.15) is 0 Å². The van der Waals surface area contributed by atoms with Crippen LogP contribution in [0, 0.1) is 5.92 Å². The number of ether oxygens (including phenoxy) is 1. The lowest BCUT2D eigenvalue weighted by molar-refractivity contribution is -0.0579. The van der Waals surface area contributed by atoms with Crippen LogP contribution < -0.4 is 0 Å². The zero-order chi connectivity index (χ0) is 10.7. The van der Waals surface area contributed by atoms with Crippen LogP contribution >= 0.6 is 0 Å². The number of benzene rings is 1. The Morgan fingerprint density at radius 3 is 2.40 bits per heavy atom. The first-order valence-electron chi connectivity index (χ1n) is 5.57. The SMILES string of the molecule is CC(O)(c1ccccc1)C1CCOCC1. The molecule has 0 saturated carbocycles. The molecule has 1 aliphatic heterocycles. The van der Waals surface area contributed by atoms with Crippen molar-refractivity contribution in [3.63, 3.8) is 0 Å². The molecule has 1 heterocycles. The molecule has 1 aromatic carbocycles. The molecule has 15 heavy (non-hydrogen) atoms. The molecule has 2 heteroatoms. The first kappa shape index (κ1) is 10.7. The van der Waals surface area contributed by atoms with Crippen LogP contribution in [0.3, 0.4) is 0 Å². The lowest BCUT2D eigenvalue weighted by Gasteiger charge is -2.35. The predicted molar refractivity (Wildman–Crippen MR) is 59.6 cm³/mol. The molecule has 1 aromatic rings. The van der Waals surface area contributed by atoms with E-state index in [0.717, 1.165) is 31.6 Å². The summed E-state index contributed by atoms with van der Waals surface area (Å²) >= 11 is 0. The van der Waals surface area contributed by atoms with Crippen molar-refractivity contribution in [2.75, 3.05) is 13.2 Å². The van der Waals surface area contributed by atoms with Gasteiger partial charge in [-0.15, -0.1) is 0 Å². The summed E-state index contributed by atoms with van der Waals surface area (Å²) in [6, 6.07) is 9.92. The summed E-state index contributed by atoms with van der Waals surface area (Å²) < 4.78 is 5.32. The maximum absolute atomic E-state index is 10.6. The van der Waals surface area contributed by atoms with Gasteiger partial charge in [0.2, 0.25) is 0 Å². The van der Waals surface area contributed by atoms with Crippen LogP contribution in [-0.2, 0) is 10.3 Å². The number of hydrogen-bond donors (Lipinski definition) is 1. The van der Waals surface area contributed by atoms with E-state index in [0.29, 0.717) is 5.92 Å². The van der Waals surface area contributed by atoms with E-state index < -0.39 is 5.60 Å². The molecule has 0 spiro atoms.